The summed E-state index contributed by atoms with van der Waals surface area (Å²) in [6.45, 7) is 1.84. The van der Waals surface area contributed by atoms with Crippen LogP contribution in [0.25, 0.3) is 11.1 Å². The number of aromatic nitrogens is 2. The predicted molar refractivity (Wildman–Crippen MR) is 74.0 cm³/mol. The van der Waals surface area contributed by atoms with Crippen LogP contribution >= 0.6 is 15.9 Å². The Morgan fingerprint density at radius 2 is 2.11 bits per heavy atom. The summed E-state index contributed by atoms with van der Waals surface area (Å²) in [6, 6.07) is 9.63. The van der Waals surface area contributed by atoms with Crippen molar-refractivity contribution >= 4 is 38.5 Å². The number of aryl methyl sites for hydroxylation is 1. The Morgan fingerprint density at radius 3 is 2.89 bits per heavy atom. The van der Waals surface area contributed by atoms with Crippen LogP contribution in [0.5, 0.6) is 0 Å². The van der Waals surface area contributed by atoms with E-state index in [2.05, 4.69) is 31.2 Å². The summed E-state index contributed by atoms with van der Waals surface area (Å²) in [5.74, 6) is 1.46. The highest BCUT2D eigenvalue weighted by atomic mass is 79.9. The van der Waals surface area contributed by atoms with Crippen molar-refractivity contribution in [3.05, 3.63) is 46.9 Å². The number of pyridine rings is 1. The van der Waals surface area contributed by atoms with Gasteiger partial charge in [0.05, 0.1) is 0 Å². The average molecular weight is 304 g/mol. The van der Waals surface area contributed by atoms with Gasteiger partial charge in [-0.2, -0.15) is 0 Å². The van der Waals surface area contributed by atoms with Gasteiger partial charge in [0.1, 0.15) is 11.3 Å². The third kappa shape index (κ3) is 2.22. The van der Waals surface area contributed by atoms with Gasteiger partial charge in [0.2, 0.25) is 0 Å². The number of hydrogen-bond donors (Lipinski definition) is 1. The van der Waals surface area contributed by atoms with Gasteiger partial charge in [-0.25, -0.2) is 9.97 Å². The lowest BCUT2D eigenvalue weighted by Crippen LogP contribution is -1.92. The standard InChI is InChI=1S/C13H10BrN3O/c1-8-16-11-4-3-10(6-12(11)18-8)17-13-5-2-9(14)7-15-13/h2-7H,1H3,(H,15,17). The molecule has 0 fully saturated rings. The monoisotopic (exact) mass is 303 g/mol. The summed E-state index contributed by atoms with van der Waals surface area (Å²) in [6.07, 6.45) is 1.75. The first-order valence-corrected chi connectivity index (χ1v) is 6.26. The van der Waals surface area contributed by atoms with Crippen molar-refractivity contribution < 1.29 is 4.42 Å². The van der Waals surface area contributed by atoms with Crippen molar-refractivity contribution in [3.63, 3.8) is 0 Å². The minimum absolute atomic E-state index is 0.670. The normalized spacial score (nSPS) is 10.8. The Balaban J connectivity index is 1.92. The first-order valence-electron chi connectivity index (χ1n) is 5.46. The maximum atomic E-state index is 5.49. The molecule has 0 aliphatic rings. The summed E-state index contributed by atoms with van der Waals surface area (Å²) in [7, 11) is 0. The van der Waals surface area contributed by atoms with Crippen LogP contribution < -0.4 is 5.32 Å². The third-order valence-corrected chi connectivity index (χ3v) is 2.96. The van der Waals surface area contributed by atoms with Crippen LogP contribution in [0, 0.1) is 6.92 Å². The largest absolute Gasteiger partial charge is 0.441 e. The lowest BCUT2D eigenvalue weighted by Gasteiger charge is -2.04. The minimum Gasteiger partial charge on any atom is -0.441 e. The van der Waals surface area contributed by atoms with Crippen LogP contribution in [-0.2, 0) is 0 Å². The van der Waals surface area contributed by atoms with Gasteiger partial charge in [0.15, 0.2) is 11.5 Å². The molecular formula is C13H10BrN3O. The fraction of sp³-hybridized carbons (Fsp3) is 0.0769. The second kappa shape index (κ2) is 4.42. The topological polar surface area (TPSA) is 51.0 Å². The Bertz CT molecular complexity index is 691. The molecule has 2 aromatic heterocycles. The molecule has 0 unspecified atom stereocenters. The molecule has 3 rings (SSSR count). The van der Waals surface area contributed by atoms with Crippen LogP contribution in [0.4, 0.5) is 11.5 Å². The summed E-state index contributed by atoms with van der Waals surface area (Å²) < 4.78 is 6.44. The molecule has 0 amide bonds. The van der Waals surface area contributed by atoms with E-state index < -0.39 is 0 Å². The zero-order valence-electron chi connectivity index (χ0n) is 9.64. The van der Waals surface area contributed by atoms with E-state index in [1.54, 1.807) is 6.20 Å². The maximum Gasteiger partial charge on any atom is 0.192 e. The molecule has 1 N–H and O–H groups in total. The fourth-order valence-corrected chi connectivity index (χ4v) is 1.95. The van der Waals surface area contributed by atoms with Gasteiger partial charge in [-0.3, -0.25) is 0 Å². The predicted octanol–water partition coefficient (Wildman–Crippen LogP) is 4.04. The highest BCUT2D eigenvalue weighted by Gasteiger charge is 2.03. The molecule has 0 aliphatic carbocycles. The first kappa shape index (κ1) is 11.2. The Labute approximate surface area is 112 Å². The van der Waals surface area contributed by atoms with E-state index in [1.165, 1.54) is 0 Å². The molecule has 0 aliphatic heterocycles. The molecule has 90 valence electrons. The van der Waals surface area contributed by atoms with Crippen molar-refractivity contribution in [2.45, 2.75) is 6.92 Å². The summed E-state index contributed by atoms with van der Waals surface area (Å²) in [4.78, 5) is 8.51. The summed E-state index contributed by atoms with van der Waals surface area (Å²) in [5.41, 5.74) is 2.56. The van der Waals surface area contributed by atoms with E-state index in [0.29, 0.717) is 5.89 Å². The molecule has 0 radical (unpaired) electrons. The van der Waals surface area contributed by atoms with Gasteiger partial charge in [0, 0.05) is 29.3 Å². The van der Waals surface area contributed by atoms with Crippen molar-refractivity contribution in [1.82, 2.24) is 9.97 Å². The van der Waals surface area contributed by atoms with Crippen LogP contribution in [-0.4, -0.2) is 9.97 Å². The van der Waals surface area contributed by atoms with Gasteiger partial charge in [0.25, 0.3) is 0 Å². The van der Waals surface area contributed by atoms with Crippen molar-refractivity contribution in [2.24, 2.45) is 0 Å². The van der Waals surface area contributed by atoms with E-state index in [1.807, 2.05) is 37.3 Å². The smallest absolute Gasteiger partial charge is 0.192 e. The molecule has 3 aromatic rings. The zero-order valence-corrected chi connectivity index (χ0v) is 11.2. The quantitative estimate of drug-likeness (QED) is 0.776. The van der Waals surface area contributed by atoms with Crippen molar-refractivity contribution in [3.8, 4) is 0 Å². The number of nitrogens with one attached hydrogen (secondary N) is 1. The molecule has 1 aromatic carbocycles. The molecular weight excluding hydrogens is 294 g/mol. The average Bonchev–Trinajstić information content (AvgIpc) is 2.71. The van der Waals surface area contributed by atoms with Crippen LogP contribution in [0.2, 0.25) is 0 Å². The molecule has 2 heterocycles. The maximum absolute atomic E-state index is 5.49. The Kier molecular flexibility index (Phi) is 2.76. The molecule has 0 saturated carbocycles. The van der Waals surface area contributed by atoms with E-state index in [9.17, 15) is 0 Å². The van der Waals surface area contributed by atoms with E-state index in [-0.39, 0.29) is 0 Å². The number of benzene rings is 1. The van der Waals surface area contributed by atoms with Crippen LogP contribution in [0.3, 0.4) is 0 Å². The fourth-order valence-electron chi connectivity index (χ4n) is 1.72. The molecule has 5 heteroatoms. The van der Waals surface area contributed by atoms with Gasteiger partial charge in [-0.1, -0.05) is 0 Å². The molecule has 18 heavy (non-hydrogen) atoms. The van der Waals surface area contributed by atoms with Crippen molar-refractivity contribution in [2.75, 3.05) is 5.32 Å². The number of rotatable bonds is 2. The van der Waals surface area contributed by atoms with Gasteiger partial charge >= 0.3 is 0 Å². The number of nitrogens with zero attached hydrogens (tertiary/aromatic N) is 2. The van der Waals surface area contributed by atoms with Crippen LogP contribution in [0.15, 0.2) is 45.4 Å². The Morgan fingerprint density at radius 1 is 1.22 bits per heavy atom. The van der Waals surface area contributed by atoms with Gasteiger partial charge < -0.3 is 9.73 Å². The van der Waals surface area contributed by atoms with Crippen molar-refractivity contribution in [1.29, 1.82) is 0 Å². The number of halogens is 1. The minimum atomic E-state index is 0.670. The second-order valence-corrected chi connectivity index (χ2v) is 4.82. The lowest BCUT2D eigenvalue weighted by molar-refractivity contribution is 0.561. The van der Waals surface area contributed by atoms with E-state index >= 15 is 0 Å². The number of anilines is 2. The highest BCUT2D eigenvalue weighted by molar-refractivity contribution is 9.10. The molecule has 0 atom stereocenters. The number of oxazole rings is 1. The second-order valence-electron chi connectivity index (χ2n) is 3.90. The summed E-state index contributed by atoms with van der Waals surface area (Å²) in [5, 5.41) is 3.21. The number of fused-ring (bicyclic) bond motifs is 1. The zero-order chi connectivity index (χ0) is 12.5. The number of hydrogen-bond acceptors (Lipinski definition) is 4. The first-order chi connectivity index (χ1) is 8.70. The molecule has 0 bridgehead atoms. The van der Waals surface area contributed by atoms with Gasteiger partial charge in [-0.15, -0.1) is 0 Å². The Hall–Kier alpha value is -1.88. The summed E-state index contributed by atoms with van der Waals surface area (Å²) >= 11 is 3.35. The van der Waals surface area contributed by atoms with E-state index in [0.717, 1.165) is 27.1 Å². The SMILES string of the molecule is Cc1nc2ccc(Nc3ccc(Br)cn3)cc2o1. The van der Waals surface area contributed by atoms with Crippen LogP contribution in [0.1, 0.15) is 5.89 Å². The molecule has 4 nitrogen and oxygen atoms in total. The highest BCUT2D eigenvalue weighted by Crippen LogP contribution is 2.22. The molecule has 0 spiro atoms. The van der Waals surface area contributed by atoms with E-state index in [4.69, 9.17) is 4.42 Å². The molecule has 0 saturated heterocycles. The van der Waals surface area contributed by atoms with Gasteiger partial charge in [-0.05, 0) is 40.2 Å². The third-order valence-electron chi connectivity index (χ3n) is 2.50. The lowest BCUT2D eigenvalue weighted by atomic mass is 10.3.